The normalized spacial score (nSPS) is 18.8. The molecule has 1 saturated heterocycles. The molecule has 0 bridgehead atoms. The van der Waals surface area contributed by atoms with Gasteiger partial charge < -0.3 is 4.90 Å². The lowest BCUT2D eigenvalue weighted by Crippen LogP contribution is -2.45. The van der Waals surface area contributed by atoms with Gasteiger partial charge in [0.15, 0.2) is 0 Å². The number of carbonyl (C=O) groups is 1. The minimum atomic E-state index is -2.84. The molecule has 98 valence electrons. The number of hydrogen-bond donors (Lipinski definition) is 0. The number of hydrogen-bond acceptors (Lipinski definition) is 2. The van der Waals surface area contributed by atoms with Crippen molar-refractivity contribution < 1.29 is 13.6 Å². The van der Waals surface area contributed by atoms with Crippen molar-refractivity contribution in [2.75, 3.05) is 13.1 Å². The lowest BCUT2D eigenvalue weighted by atomic mass is 10.1. The van der Waals surface area contributed by atoms with E-state index in [2.05, 4.69) is 4.98 Å². The summed E-state index contributed by atoms with van der Waals surface area (Å²) in [7, 11) is 0. The molecule has 0 radical (unpaired) electrons. The average molecular weight is 295 g/mol. The zero-order valence-corrected chi connectivity index (χ0v) is 10.8. The number of alkyl halides is 2. The Kier molecular flexibility index (Phi) is 3.73. The molecule has 0 N–H and O–H groups in total. The van der Waals surface area contributed by atoms with Crippen molar-refractivity contribution in [1.29, 1.82) is 0 Å². The molecule has 3 nitrogen and oxygen atoms in total. The van der Waals surface area contributed by atoms with Crippen LogP contribution in [0, 0.1) is 0 Å². The molecule has 1 fully saturated rings. The number of halogens is 4. The summed E-state index contributed by atoms with van der Waals surface area (Å²) < 4.78 is 26.5. The molecule has 1 aliphatic heterocycles. The fourth-order valence-electron chi connectivity index (χ4n) is 1.89. The average Bonchev–Trinajstić information content (AvgIpc) is 2.30. The van der Waals surface area contributed by atoms with Crippen LogP contribution in [0.4, 0.5) is 8.78 Å². The fourth-order valence-corrected chi connectivity index (χ4v) is 2.23. The molecule has 1 aromatic heterocycles. The molecule has 0 spiro atoms. The molecule has 0 unspecified atom stereocenters. The van der Waals surface area contributed by atoms with E-state index in [0.29, 0.717) is 6.54 Å². The van der Waals surface area contributed by atoms with Crippen LogP contribution >= 0.6 is 23.2 Å². The van der Waals surface area contributed by atoms with E-state index in [0.717, 1.165) is 4.90 Å². The molecule has 1 amide bonds. The zero-order chi connectivity index (χ0) is 13.3. The number of piperidine rings is 1. The number of rotatable bonds is 1. The Labute approximate surface area is 113 Å². The van der Waals surface area contributed by atoms with Crippen LogP contribution in [-0.2, 0) is 0 Å². The minimum Gasteiger partial charge on any atom is -0.333 e. The molecule has 18 heavy (non-hydrogen) atoms. The Morgan fingerprint density at radius 1 is 1.44 bits per heavy atom. The van der Waals surface area contributed by atoms with E-state index in [4.69, 9.17) is 23.2 Å². The third kappa shape index (κ3) is 2.90. The van der Waals surface area contributed by atoms with Gasteiger partial charge in [0.2, 0.25) is 0 Å². The number of carbonyl (C=O) groups excluding carboxylic acids is 1. The largest absolute Gasteiger partial charge is 0.333 e. The fraction of sp³-hybridized carbons (Fsp3) is 0.455. The second-order valence-electron chi connectivity index (χ2n) is 4.17. The highest BCUT2D eigenvalue weighted by Gasteiger charge is 2.37. The summed E-state index contributed by atoms with van der Waals surface area (Å²) in [5, 5.41) is 0.213. The van der Waals surface area contributed by atoms with Gasteiger partial charge in [-0.2, -0.15) is 0 Å². The van der Waals surface area contributed by atoms with Crippen LogP contribution in [0.1, 0.15) is 23.2 Å². The molecule has 0 saturated carbocycles. The van der Waals surface area contributed by atoms with Crippen molar-refractivity contribution in [3.05, 3.63) is 28.0 Å². The van der Waals surface area contributed by atoms with Crippen LogP contribution in [0.5, 0.6) is 0 Å². The van der Waals surface area contributed by atoms with E-state index in [9.17, 15) is 13.6 Å². The summed E-state index contributed by atoms with van der Waals surface area (Å²) in [6.07, 6.45) is 1.32. The third-order valence-electron chi connectivity index (χ3n) is 2.73. The summed E-state index contributed by atoms with van der Waals surface area (Å²) >= 11 is 11.5. The Hall–Kier alpha value is -0.940. The van der Waals surface area contributed by atoms with Crippen molar-refractivity contribution in [2.24, 2.45) is 0 Å². The monoisotopic (exact) mass is 294 g/mol. The molecule has 7 heteroatoms. The molecule has 0 aliphatic carbocycles. The smallest absolute Gasteiger partial charge is 0.265 e. The van der Waals surface area contributed by atoms with E-state index >= 15 is 0 Å². The van der Waals surface area contributed by atoms with E-state index in [1.54, 1.807) is 0 Å². The topological polar surface area (TPSA) is 33.2 Å². The summed E-state index contributed by atoms with van der Waals surface area (Å²) in [6, 6.07) is 1.29. The van der Waals surface area contributed by atoms with Crippen LogP contribution < -0.4 is 0 Å². The van der Waals surface area contributed by atoms with E-state index in [1.807, 2.05) is 0 Å². The molecule has 1 aromatic rings. The van der Waals surface area contributed by atoms with E-state index in [1.165, 1.54) is 12.3 Å². The molecule has 2 heterocycles. The summed E-state index contributed by atoms with van der Waals surface area (Å²) in [6.45, 7) is -0.285. The van der Waals surface area contributed by atoms with Crippen LogP contribution in [-0.4, -0.2) is 34.8 Å². The van der Waals surface area contributed by atoms with Gasteiger partial charge in [-0.1, -0.05) is 23.2 Å². The Morgan fingerprint density at radius 3 is 2.83 bits per heavy atom. The van der Waals surface area contributed by atoms with E-state index in [-0.39, 0.29) is 28.6 Å². The predicted molar refractivity (Wildman–Crippen MR) is 64.3 cm³/mol. The maximum Gasteiger partial charge on any atom is 0.265 e. The maximum absolute atomic E-state index is 13.2. The predicted octanol–water partition coefficient (Wildman–Crippen LogP) is 3.26. The minimum absolute atomic E-state index is 0.103. The Morgan fingerprint density at radius 2 is 2.17 bits per heavy atom. The number of nitrogens with zero attached hydrogens (tertiary/aromatic N) is 2. The van der Waals surface area contributed by atoms with Gasteiger partial charge in [0.1, 0.15) is 5.15 Å². The Balaban J connectivity index is 2.23. The highest BCUT2D eigenvalue weighted by molar-refractivity contribution is 6.35. The highest BCUT2D eigenvalue weighted by atomic mass is 35.5. The molecular weight excluding hydrogens is 285 g/mol. The summed E-state index contributed by atoms with van der Waals surface area (Å²) in [4.78, 5) is 16.9. The number of likely N-dealkylation sites (tertiary alicyclic amines) is 1. The second-order valence-corrected chi connectivity index (χ2v) is 4.97. The van der Waals surface area contributed by atoms with Gasteiger partial charge in [-0.3, -0.25) is 4.79 Å². The Bertz CT molecular complexity index is 482. The molecule has 2 rings (SSSR count). The maximum atomic E-state index is 13.2. The first-order valence-corrected chi connectivity index (χ1v) is 6.13. The number of pyridine rings is 1. The molecule has 1 aliphatic rings. The second kappa shape index (κ2) is 4.97. The van der Waals surface area contributed by atoms with Crippen molar-refractivity contribution in [1.82, 2.24) is 9.88 Å². The van der Waals surface area contributed by atoms with Gasteiger partial charge in [-0.25, -0.2) is 13.8 Å². The van der Waals surface area contributed by atoms with Crippen LogP contribution in [0.25, 0.3) is 0 Å². The SMILES string of the molecule is O=C(c1cc(Cl)ncc1Cl)N1CCCC(F)(F)C1. The van der Waals surface area contributed by atoms with Gasteiger partial charge in [0.05, 0.1) is 17.1 Å². The van der Waals surface area contributed by atoms with Gasteiger partial charge >= 0.3 is 0 Å². The standard InChI is InChI=1S/C11H10Cl2F2N2O/c12-8-5-16-9(13)4-7(8)10(18)17-3-1-2-11(14,15)6-17/h4-5H,1-3,6H2. The van der Waals surface area contributed by atoms with Crippen molar-refractivity contribution in [3.8, 4) is 0 Å². The van der Waals surface area contributed by atoms with Crippen molar-refractivity contribution in [2.45, 2.75) is 18.8 Å². The summed E-state index contributed by atoms with van der Waals surface area (Å²) in [5.41, 5.74) is 0.106. The van der Waals surface area contributed by atoms with E-state index < -0.39 is 18.4 Å². The first-order chi connectivity index (χ1) is 8.39. The van der Waals surface area contributed by atoms with Crippen LogP contribution in [0.15, 0.2) is 12.3 Å². The third-order valence-corrected chi connectivity index (χ3v) is 3.24. The highest BCUT2D eigenvalue weighted by Crippen LogP contribution is 2.28. The van der Waals surface area contributed by atoms with Crippen LogP contribution in [0.3, 0.4) is 0 Å². The quantitative estimate of drug-likeness (QED) is 0.745. The number of aromatic nitrogens is 1. The molecule has 0 aromatic carbocycles. The van der Waals surface area contributed by atoms with Gasteiger partial charge in [-0.05, 0) is 12.5 Å². The van der Waals surface area contributed by atoms with Crippen molar-refractivity contribution in [3.63, 3.8) is 0 Å². The lowest BCUT2D eigenvalue weighted by molar-refractivity contribution is -0.0560. The number of amides is 1. The van der Waals surface area contributed by atoms with Gasteiger partial charge in [0, 0.05) is 19.2 Å². The first kappa shape index (κ1) is 13.5. The molecule has 0 atom stereocenters. The first-order valence-electron chi connectivity index (χ1n) is 5.37. The summed E-state index contributed by atoms with van der Waals surface area (Å²) in [5.74, 6) is -3.37. The zero-order valence-electron chi connectivity index (χ0n) is 9.30. The van der Waals surface area contributed by atoms with Gasteiger partial charge in [0.25, 0.3) is 11.8 Å². The van der Waals surface area contributed by atoms with Crippen LogP contribution in [0.2, 0.25) is 10.2 Å². The lowest BCUT2D eigenvalue weighted by Gasteiger charge is -2.32. The van der Waals surface area contributed by atoms with Crippen molar-refractivity contribution >= 4 is 29.1 Å². The molecular formula is C11H10Cl2F2N2O. The van der Waals surface area contributed by atoms with Gasteiger partial charge in [-0.15, -0.1) is 0 Å².